The van der Waals surface area contributed by atoms with E-state index in [0.29, 0.717) is 16.7 Å². The van der Waals surface area contributed by atoms with Gasteiger partial charge in [0.1, 0.15) is 21.4 Å². The second-order valence-electron chi connectivity index (χ2n) is 13.0. The number of hydrogen-bond acceptors (Lipinski definition) is 6. The number of halogens is 7. The largest absolute Gasteiger partial charge is 0.443 e. The van der Waals surface area contributed by atoms with Gasteiger partial charge in [0.25, 0.3) is 5.91 Å². The SMILES string of the molecule is CC(C)(C)OC(=O)N(C(=O)OC(C)(C)C)c1cc(NC(=O)c2cc(NC(=O)[C@H]3C(c4ccc(Cl)c(Cl)c4)C3(Cl)Cl)ccc2Cl)c(F)cc1F. The van der Waals surface area contributed by atoms with Gasteiger partial charge >= 0.3 is 12.2 Å². The Labute approximate surface area is 306 Å². The minimum atomic E-state index is -1.46. The van der Waals surface area contributed by atoms with Crippen molar-refractivity contribution in [3.05, 3.63) is 86.4 Å². The molecule has 2 N–H and O–H groups in total. The van der Waals surface area contributed by atoms with Crippen LogP contribution in [-0.2, 0) is 14.3 Å². The van der Waals surface area contributed by atoms with Crippen molar-refractivity contribution < 1.29 is 37.4 Å². The average Bonchev–Trinajstić information content (AvgIpc) is 3.53. The first kappa shape index (κ1) is 38.5. The molecule has 1 aliphatic rings. The molecule has 49 heavy (non-hydrogen) atoms. The fraction of sp³-hybridized carbons (Fsp3) is 0.333. The molecule has 0 saturated heterocycles. The van der Waals surface area contributed by atoms with E-state index in [1.807, 2.05) is 0 Å². The number of nitrogens with one attached hydrogen (secondary N) is 2. The van der Waals surface area contributed by atoms with Crippen molar-refractivity contribution in [2.45, 2.75) is 63.0 Å². The minimum Gasteiger partial charge on any atom is -0.443 e. The first-order valence-corrected chi connectivity index (χ1v) is 16.4. The Hall–Kier alpha value is -3.35. The van der Waals surface area contributed by atoms with Crippen LogP contribution in [0.5, 0.6) is 0 Å². The number of carbonyl (C=O) groups is 4. The lowest BCUT2D eigenvalue weighted by atomic mass is 10.1. The monoisotopic (exact) mass is 777 g/mol. The van der Waals surface area contributed by atoms with E-state index in [0.717, 1.165) is 6.07 Å². The number of carbonyl (C=O) groups excluding carboxylic acids is 4. The van der Waals surface area contributed by atoms with Crippen molar-refractivity contribution in [2.75, 3.05) is 15.5 Å². The zero-order valence-corrected chi connectivity index (χ0v) is 30.6. The van der Waals surface area contributed by atoms with Crippen LogP contribution in [0.4, 0.5) is 35.4 Å². The van der Waals surface area contributed by atoms with Gasteiger partial charge in [0.2, 0.25) is 5.91 Å². The summed E-state index contributed by atoms with van der Waals surface area (Å²) in [4.78, 5) is 52.9. The van der Waals surface area contributed by atoms with E-state index >= 15 is 8.78 Å². The molecule has 9 nitrogen and oxygen atoms in total. The maximum atomic E-state index is 15.2. The smallest absolute Gasteiger partial charge is 0.424 e. The second kappa shape index (κ2) is 14.1. The Balaban J connectivity index is 1.59. The van der Waals surface area contributed by atoms with Gasteiger partial charge in [0, 0.05) is 17.7 Å². The highest BCUT2D eigenvalue weighted by molar-refractivity contribution is 6.53. The second-order valence-corrected chi connectivity index (χ2v) is 15.7. The molecule has 2 atom stereocenters. The van der Waals surface area contributed by atoms with Gasteiger partial charge in [-0.15, -0.1) is 23.2 Å². The lowest BCUT2D eigenvalue weighted by Crippen LogP contribution is -2.44. The summed E-state index contributed by atoms with van der Waals surface area (Å²) in [6.07, 6.45) is -2.63. The predicted molar refractivity (Wildman–Crippen MR) is 186 cm³/mol. The minimum absolute atomic E-state index is 0.0912. The first-order valence-electron chi connectivity index (χ1n) is 14.5. The highest BCUT2D eigenvalue weighted by atomic mass is 35.5. The lowest BCUT2D eigenvalue weighted by Gasteiger charge is -2.29. The maximum Gasteiger partial charge on any atom is 0.424 e. The number of ether oxygens (including phenoxy) is 2. The third kappa shape index (κ3) is 9.07. The molecule has 0 aromatic heterocycles. The van der Waals surface area contributed by atoms with Crippen molar-refractivity contribution in [2.24, 2.45) is 5.92 Å². The van der Waals surface area contributed by atoms with Crippen LogP contribution in [0.2, 0.25) is 15.1 Å². The third-order valence-electron chi connectivity index (χ3n) is 6.80. The van der Waals surface area contributed by atoms with E-state index in [-0.39, 0.29) is 26.2 Å². The molecule has 4 amide bonds. The van der Waals surface area contributed by atoms with E-state index in [2.05, 4.69) is 10.6 Å². The van der Waals surface area contributed by atoms with Gasteiger partial charge in [-0.25, -0.2) is 18.4 Å². The van der Waals surface area contributed by atoms with Gasteiger partial charge in [-0.3, -0.25) is 9.59 Å². The summed E-state index contributed by atoms with van der Waals surface area (Å²) in [5.41, 5.74) is -3.12. The van der Waals surface area contributed by atoms with Gasteiger partial charge in [0.15, 0.2) is 5.82 Å². The number of benzene rings is 3. The summed E-state index contributed by atoms with van der Waals surface area (Å²) >= 11 is 31.3. The summed E-state index contributed by atoms with van der Waals surface area (Å²) in [5, 5.41) is 5.38. The molecule has 16 heteroatoms. The van der Waals surface area contributed by atoms with Gasteiger partial charge < -0.3 is 20.1 Å². The molecule has 4 rings (SSSR count). The maximum absolute atomic E-state index is 15.2. The number of nitrogens with zero attached hydrogens (tertiary/aromatic N) is 1. The van der Waals surface area contributed by atoms with Crippen LogP contribution in [0.1, 0.15) is 63.4 Å². The Morgan fingerprint density at radius 2 is 1.33 bits per heavy atom. The van der Waals surface area contributed by atoms with Crippen molar-refractivity contribution >= 4 is 99.1 Å². The summed E-state index contributed by atoms with van der Waals surface area (Å²) in [6, 6.07) is 9.80. The molecule has 0 aliphatic heterocycles. The van der Waals surface area contributed by atoms with Gasteiger partial charge in [-0.2, -0.15) is 4.90 Å². The molecule has 3 aromatic rings. The van der Waals surface area contributed by atoms with Crippen LogP contribution >= 0.6 is 58.0 Å². The van der Waals surface area contributed by atoms with E-state index < -0.39 is 74.4 Å². The van der Waals surface area contributed by atoms with Crippen LogP contribution < -0.4 is 15.5 Å². The number of alkyl halides is 2. The van der Waals surface area contributed by atoms with Crippen LogP contribution in [0.25, 0.3) is 0 Å². The summed E-state index contributed by atoms with van der Waals surface area (Å²) < 4.78 is 39.2. The normalized spacial score (nSPS) is 16.8. The van der Waals surface area contributed by atoms with Crippen molar-refractivity contribution in [1.82, 2.24) is 0 Å². The highest BCUT2D eigenvalue weighted by Gasteiger charge is 2.67. The summed E-state index contributed by atoms with van der Waals surface area (Å²) in [6.45, 7) is 9.12. The molecule has 0 heterocycles. The van der Waals surface area contributed by atoms with E-state index in [1.54, 1.807) is 18.2 Å². The molecule has 0 radical (unpaired) electrons. The first-order chi connectivity index (χ1) is 22.5. The van der Waals surface area contributed by atoms with Gasteiger partial charge in [-0.05, 0) is 83.5 Å². The molecule has 1 aliphatic carbocycles. The molecular formula is C33H30Cl5F2N3O6. The standard InChI is InChI=1S/C33H30Cl5F2N3O6/c1-31(2,3)48-29(46)43(30(47)49-32(4,5)6)24-14-23(21(39)13-22(24)40)42-27(44)17-12-16(8-10-18(17)34)41-28(45)26-25(33(26,37)38)15-7-9-19(35)20(36)11-15/h7-14,25-26H,1-6H3,(H,41,45)(H,42,44)/t25?,26-/m1/s1. The third-order valence-corrected chi connectivity index (χ3v) is 8.80. The Bertz CT molecular complexity index is 1820. The fourth-order valence-electron chi connectivity index (χ4n) is 4.65. The summed E-state index contributed by atoms with van der Waals surface area (Å²) in [5.74, 6) is -5.64. The molecule has 262 valence electrons. The quantitative estimate of drug-likeness (QED) is 0.241. The summed E-state index contributed by atoms with van der Waals surface area (Å²) in [7, 11) is 0. The highest BCUT2D eigenvalue weighted by Crippen LogP contribution is 2.65. The van der Waals surface area contributed by atoms with Crippen LogP contribution in [0, 0.1) is 17.6 Å². The predicted octanol–water partition coefficient (Wildman–Crippen LogP) is 10.4. The number of imide groups is 1. The van der Waals surface area contributed by atoms with Crippen LogP contribution in [0.3, 0.4) is 0 Å². The van der Waals surface area contributed by atoms with Crippen molar-refractivity contribution in [1.29, 1.82) is 0 Å². The van der Waals surface area contributed by atoms with Crippen molar-refractivity contribution in [3.8, 4) is 0 Å². The Morgan fingerprint density at radius 1 is 0.755 bits per heavy atom. The number of rotatable bonds is 6. The van der Waals surface area contributed by atoms with Gasteiger partial charge in [0.05, 0.1) is 37.9 Å². The Kier molecular flexibility index (Phi) is 11.1. The van der Waals surface area contributed by atoms with Gasteiger partial charge in [-0.1, -0.05) is 40.9 Å². The van der Waals surface area contributed by atoms with Crippen molar-refractivity contribution in [3.63, 3.8) is 0 Å². The Morgan fingerprint density at radius 3 is 1.88 bits per heavy atom. The topological polar surface area (TPSA) is 114 Å². The molecule has 0 bridgehead atoms. The molecule has 1 fully saturated rings. The molecular weight excluding hydrogens is 750 g/mol. The van der Waals surface area contributed by atoms with Crippen LogP contribution in [0.15, 0.2) is 48.5 Å². The molecule has 3 aromatic carbocycles. The number of anilines is 3. The number of amides is 4. The molecule has 1 saturated carbocycles. The van der Waals surface area contributed by atoms with Crippen LogP contribution in [-0.4, -0.2) is 39.5 Å². The average molecular weight is 780 g/mol. The lowest BCUT2D eigenvalue weighted by molar-refractivity contribution is -0.117. The van der Waals surface area contributed by atoms with E-state index in [9.17, 15) is 19.2 Å². The molecule has 1 unspecified atom stereocenters. The zero-order chi connectivity index (χ0) is 36.8. The van der Waals surface area contributed by atoms with E-state index in [4.69, 9.17) is 67.5 Å². The fourth-order valence-corrected chi connectivity index (χ4v) is 5.99. The van der Waals surface area contributed by atoms with E-state index in [1.165, 1.54) is 59.7 Å². The zero-order valence-electron chi connectivity index (χ0n) is 26.8. The molecule has 0 spiro atoms. The number of hydrogen-bond donors (Lipinski definition) is 2.